The van der Waals surface area contributed by atoms with Gasteiger partial charge in [0.1, 0.15) is 5.75 Å². The van der Waals surface area contributed by atoms with E-state index >= 15 is 0 Å². The average Bonchev–Trinajstić information content (AvgIpc) is 3.21. The predicted octanol–water partition coefficient (Wildman–Crippen LogP) is 6.32. The standard InChI is InChI=1S/C23H25F2N3O3S/c1-13(2)17-6-5-7-18(14(3)4)20(17)26-19(29)12-32-23-28-27-21(31-23)15-8-10-16(11-9-15)30-22(24)25/h5-11,13-14,22H,12H2,1-4H3,(H,26,29). The van der Waals surface area contributed by atoms with E-state index < -0.39 is 6.61 Å². The maximum Gasteiger partial charge on any atom is 0.387 e. The summed E-state index contributed by atoms with van der Waals surface area (Å²) >= 11 is 1.13. The number of thioether (sulfide) groups is 1. The number of halogens is 2. The molecule has 0 spiro atoms. The molecule has 3 aromatic rings. The summed E-state index contributed by atoms with van der Waals surface area (Å²) in [7, 11) is 0. The van der Waals surface area contributed by atoms with Crippen LogP contribution in [0.25, 0.3) is 11.5 Å². The predicted molar refractivity (Wildman–Crippen MR) is 120 cm³/mol. The summed E-state index contributed by atoms with van der Waals surface area (Å²) in [5.74, 6) is 0.742. The van der Waals surface area contributed by atoms with Gasteiger partial charge in [0.2, 0.25) is 11.8 Å². The first kappa shape index (κ1) is 23.7. The van der Waals surface area contributed by atoms with E-state index in [9.17, 15) is 13.6 Å². The summed E-state index contributed by atoms with van der Waals surface area (Å²) < 4.78 is 34.4. The molecule has 0 fully saturated rings. The third kappa shape index (κ3) is 6.06. The molecule has 9 heteroatoms. The van der Waals surface area contributed by atoms with Crippen LogP contribution in [-0.4, -0.2) is 28.5 Å². The molecule has 1 aromatic heterocycles. The maximum atomic E-state index is 12.6. The lowest BCUT2D eigenvalue weighted by Gasteiger charge is -2.20. The highest BCUT2D eigenvalue weighted by molar-refractivity contribution is 7.99. The van der Waals surface area contributed by atoms with Gasteiger partial charge in [-0.25, -0.2) is 0 Å². The fraction of sp³-hybridized carbons (Fsp3) is 0.348. The number of rotatable bonds is 9. The van der Waals surface area contributed by atoms with Crippen molar-refractivity contribution >= 4 is 23.4 Å². The number of hydrogen-bond donors (Lipinski definition) is 1. The number of carbonyl (C=O) groups excluding carboxylic acids is 1. The van der Waals surface area contributed by atoms with E-state index in [1.54, 1.807) is 12.1 Å². The fourth-order valence-electron chi connectivity index (χ4n) is 3.16. The van der Waals surface area contributed by atoms with Gasteiger partial charge in [0, 0.05) is 11.3 Å². The van der Waals surface area contributed by atoms with Gasteiger partial charge in [0.15, 0.2) is 0 Å². The number of nitrogens with zero attached hydrogens (tertiary/aromatic N) is 2. The van der Waals surface area contributed by atoms with Gasteiger partial charge >= 0.3 is 6.61 Å². The molecule has 6 nitrogen and oxygen atoms in total. The molecule has 1 heterocycles. The minimum atomic E-state index is -2.89. The molecule has 0 aliphatic carbocycles. The highest BCUT2D eigenvalue weighted by Crippen LogP contribution is 2.33. The molecule has 0 aliphatic heterocycles. The molecule has 0 saturated heterocycles. The van der Waals surface area contributed by atoms with Gasteiger partial charge in [0.05, 0.1) is 5.75 Å². The minimum Gasteiger partial charge on any atom is -0.435 e. The number of anilines is 1. The van der Waals surface area contributed by atoms with E-state index in [4.69, 9.17) is 4.42 Å². The lowest BCUT2D eigenvalue weighted by molar-refractivity contribution is -0.113. The van der Waals surface area contributed by atoms with Crippen molar-refractivity contribution in [3.05, 3.63) is 53.6 Å². The van der Waals surface area contributed by atoms with E-state index in [0.29, 0.717) is 5.56 Å². The number of carbonyl (C=O) groups is 1. The Morgan fingerprint density at radius 1 is 1.03 bits per heavy atom. The molecule has 0 bridgehead atoms. The summed E-state index contributed by atoms with van der Waals surface area (Å²) in [5.41, 5.74) is 3.60. The Hall–Kier alpha value is -2.94. The average molecular weight is 462 g/mol. The molecule has 32 heavy (non-hydrogen) atoms. The summed E-state index contributed by atoms with van der Waals surface area (Å²) in [6, 6.07) is 11.9. The van der Waals surface area contributed by atoms with Crippen LogP contribution in [0.4, 0.5) is 14.5 Å². The molecular formula is C23H25F2N3O3S. The number of aromatic nitrogens is 2. The van der Waals surface area contributed by atoms with Gasteiger partial charge < -0.3 is 14.5 Å². The van der Waals surface area contributed by atoms with E-state index in [1.165, 1.54) is 12.1 Å². The molecular weight excluding hydrogens is 436 g/mol. The third-order valence-electron chi connectivity index (χ3n) is 4.70. The Morgan fingerprint density at radius 2 is 1.66 bits per heavy atom. The zero-order valence-corrected chi connectivity index (χ0v) is 19.1. The van der Waals surface area contributed by atoms with E-state index in [0.717, 1.165) is 28.6 Å². The van der Waals surface area contributed by atoms with Gasteiger partial charge in [-0.05, 0) is 47.2 Å². The van der Waals surface area contributed by atoms with Crippen molar-refractivity contribution in [2.75, 3.05) is 11.1 Å². The SMILES string of the molecule is CC(C)c1cccc(C(C)C)c1NC(=O)CSc1nnc(-c2ccc(OC(F)F)cc2)o1. The Kier molecular flexibility index (Phi) is 7.84. The monoisotopic (exact) mass is 461 g/mol. The van der Waals surface area contributed by atoms with Crippen molar-refractivity contribution in [3.63, 3.8) is 0 Å². The molecule has 1 N–H and O–H groups in total. The number of hydrogen-bond acceptors (Lipinski definition) is 6. The van der Waals surface area contributed by atoms with Crippen LogP contribution in [0.3, 0.4) is 0 Å². The van der Waals surface area contributed by atoms with Crippen LogP contribution >= 0.6 is 11.8 Å². The zero-order valence-electron chi connectivity index (χ0n) is 18.3. The van der Waals surface area contributed by atoms with Gasteiger partial charge in [-0.15, -0.1) is 10.2 Å². The van der Waals surface area contributed by atoms with Gasteiger partial charge in [-0.2, -0.15) is 8.78 Å². The summed E-state index contributed by atoms with van der Waals surface area (Å²) in [5, 5.41) is 11.2. The topological polar surface area (TPSA) is 77.2 Å². The van der Waals surface area contributed by atoms with Crippen molar-refractivity contribution in [2.45, 2.75) is 51.4 Å². The van der Waals surface area contributed by atoms with Gasteiger partial charge in [-0.1, -0.05) is 57.7 Å². The van der Waals surface area contributed by atoms with Crippen molar-refractivity contribution in [3.8, 4) is 17.2 Å². The Labute approximate surface area is 189 Å². The van der Waals surface area contributed by atoms with Crippen LogP contribution in [0.2, 0.25) is 0 Å². The second-order valence-electron chi connectivity index (χ2n) is 7.73. The van der Waals surface area contributed by atoms with Crippen LogP contribution < -0.4 is 10.1 Å². The largest absolute Gasteiger partial charge is 0.435 e. The first-order valence-electron chi connectivity index (χ1n) is 10.2. The Morgan fingerprint density at radius 3 is 2.22 bits per heavy atom. The molecule has 0 atom stereocenters. The second-order valence-corrected chi connectivity index (χ2v) is 8.66. The number of nitrogens with one attached hydrogen (secondary N) is 1. The van der Waals surface area contributed by atoms with E-state index in [2.05, 4.69) is 47.9 Å². The molecule has 1 amide bonds. The summed E-state index contributed by atoms with van der Waals surface area (Å²) in [6.45, 7) is 5.49. The van der Waals surface area contributed by atoms with Gasteiger partial charge in [0.25, 0.3) is 5.22 Å². The maximum absolute atomic E-state index is 12.6. The third-order valence-corrected chi connectivity index (χ3v) is 5.52. The molecule has 2 aromatic carbocycles. The number of ether oxygens (including phenoxy) is 1. The number of benzene rings is 2. The number of para-hydroxylation sites is 1. The van der Waals surface area contributed by atoms with Crippen LogP contribution in [0.1, 0.15) is 50.7 Å². The molecule has 0 radical (unpaired) electrons. The Bertz CT molecular complexity index is 1030. The zero-order chi connectivity index (χ0) is 23.3. The molecule has 0 unspecified atom stereocenters. The van der Waals surface area contributed by atoms with Crippen molar-refractivity contribution in [1.29, 1.82) is 0 Å². The fourth-order valence-corrected chi connectivity index (χ4v) is 3.73. The normalized spacial score (nSPS) is 11.4. The molecule has 3 rings (SSSR count). The van der Waals surface area contributed by atoms with Gasteiger partial charge in [-0.3, -0.25) is 4.79 Å². The molecule has 0 aliphatic rings. The molecule has 0 saturated carbocycles. The first-order valence-corrected chi connectivity index (χ1v) is 11.2. The smallest absolute Gasteiger partial charge is 0.387 e. The second kappa shape index (κ2) is 10.6. The number of alkyl halides is 2. The highest BCUT2D eigenvalue weighted by atomic mass is 32.2. The summed E-state index contributed by atoms with van der Waals surface area (Å²) in [4.78, 5) is 12.6. The molecule has 170 valence electrons. The highest BCUT2D eigenvalue weighted by Gasteiger charge is 2.17. The van der Waals surface area contributed by atoms with Crippen molar-refractivity contribution < 1.29 is 22.7 Å². The quantitative estimate of drug-likeness (QED) is 0.376. The van der Waals surface area contributed by atoms with Crippen LogP contribution in [0, 0.1) is 0 Å². The van der Waals surface area contributed by atoms with Crippen molar-refractivity contribution in [1.82, 2.24) is 10.2 Å². The minimum absolute atomic E-state index is 0.0389. The summed E-state index contributed by atoms with van der Waals surface area (Å²) in [6.07, 6.45) is 0. The van der Waals surface area contributed by atoms with E-state index in [-0.39, 0.29) is 40.4 Å². The van der Waals surface area contributed by atoms with Crippen LogP contribution in [0.5, 0.6) is 5.75 Å². The van der Waals surface area contributed by atoms with E-state index in [1.807, 2.05) is 18.2 Å². The Balaban J connectivity index is 1.64. The first-order chi connectivity index (χ1) is 15.2. The van der Waals surface area contributed by atoms with Crippen LogP contribution in [-0.2, 0) is 4.79 Å². The lowest BCUT2D eigenvalue weighted by atomic mass is 9.92. The number of amides is 1. The van der Waals surface area contributed by atoms with Crippen molar-refractivity contribution in [2.24, 2.45) is 0 Å². The van der Waals surface area contributed by atoms with Crippen LogP contribution in [0.15, 0.2) is 52.1 Å². The lowest BCUT2D eigenvalue weighted by Crippen LogP contribution is -2.17.